The van der Waals surface area contributed by atoms with Crippen LogP contribution in [0.5, 0.6) is 0 Å². The number of hydrogen-bond donors (Lipinski definition) is 2. The summed E-state index contributed by atoms with van der Waals surface area (Å²) < 4.78 is 0. The Bertz CT molecular complexity index is 146. The van der Waals surface area contributed by atoms with Gasteiger partial charge in [0, 0.05) is 6.54 Å². The first kappa shape index (κ1) is 8.72. The van der Waals surface area contributed by atoms with E-state index in [1.807, 2.05) is 0 Å². The molecule has 0 aromatic rings. The molecule has 2 N–H and O–H groups in total. The van der Waals surface area contributed by atoms with E-state index in [4.69, 9.17) is 0 Å². The van der Waals surface area contributed by atoms with Crippen LogP contribution in [-0.2, 0) is 0 Å². The zero-order valence-electron chi connectivity index (χ0n) is 6.60. The molecule has 1 saturated carbocycles. The highest BCUT2D eigenvalue weighted by Crippen LogP contribution is 2.23. The molecule has 0 radical (unpaired) electrons. The van der Waals surface area contributed by atoms with Crippen molar-refractivity contribution in [1.82, 2.24) is 10.9 Å². The van der Waals surface area contributed by atoms with Crippen molar-refractivity contribution in [3.8, 4) is 0 Å². The molecule has 2 nitrogen and oxygen atoms in total. The lowest BCUT2D eigenvalue weighted by molar-refractivity contribution is 0.468. The van der Waals surface area contributed by atoms with Crippen LogP contribution < -0.4 is 10.9 Å². The van der Waals surface area contributed by atoms with Gasteiger partial charge in [0.15, 0.2) is 0 Å². The topological polar surface area (TPSA) is 24.1 Å². The fraction of sp³-hybridized carbons (Fsp3) is 0.750. The molecule has 0 atom stereocenters. The Labute approximate surface area is 73.0 Å². The minimum absolute atomic E-state index is 0.862. The highest BCUT2D eigenvalue weighted by atomic mass is 32.1. The van der Waals surface area contributed by atoms with E-state index in [9.17, 15) is 0 Å². The highest BCUT2D eigenvalue weighted by molar-refractivity contribution is 7.78. The number of thiocarbonyl (C=S) groups is 1. The van der Waals surface area contributed by atoms with Crippen LogP contribution in [0, 0.1) is 5.92 Å². The fourth-order valence-corrected chi connectivity index (χ4v) is 1.56. The maximum Gasteiger partial charge on any atom is 0.0659 e. The number of hydrogen-bond acceptors (Lipinski definition) is 3. The van der Waals surface area contributed by atoms with Gasteiger partial charge in [-0.15, -0.1) is 0 Å². The van der Waals surface area contributed by atoms with Crippen molar-refractivity contribution < 1.29 is 0 Å². The van der Waals surface area contributed by atoms with E-state index in [0.29, 0.717) is 0 Å². The first-order valence-electron chi connectivity index (χ1n) is 4.11. The molecule has 0 unspecified atom stereocenters. The van der Waals surface area contributed by atoms with Gasteiger partial charge in [0.05, 0.1) is 6.20 Å². The van der Waals surface area contributed by atoms with E-state index < -0.39 is 0 Å². The maximum absolute atomic E-state index is 4.49. The van der Waals surface area contributed by atoms with E-state index in [1.165, 1.54) is 25.7 Å². The minimum Gasteiger partial charge on any atom is -0.320 e. The van der Waals surface area contributed by atoms with Crippen molar-refractivity contribution in [2.24, 2.45) is 5.92 Å². The molecule has 0 spiro atoms. The van der Waals surface area contributed by atoms with Gasteiger partial charge in [0.25, 0.3) is 0 Å². The van der Waals surface area contributed by atoms with E-state index in [2.05, 4.69) is 28.1 Å². The van der Waals surface area contributed by atoms with Crippen LogP contribution in [0.15, 0.2) is 6.20 Å². The summed E-state index contributed by atoms with van der Waals surface area (Å²) in [5.41, 5.74) is 5.97. The van der Waals surface area contributed by atoms with Crippen LogP contribution >= 0.6 is 12.2 Å². The van der Waals surface area contributed by atoms with Crippen molar-refractivity contribution in [1.29, 1.82) is 0 Å². The van der Waals surface area contributed by atoms with Crippen molar-refractivity contribution in [2.45, 2.75) is 25.7 Å². The first-order chi connectivity index (χ1) is 5.43. The van der Waals surface area contributed by atoms with Crippen molar-refractivity contribution in [3.05, 3.63) is 6.20 Å². The second kappa shape index (κ2) is 5.30. The molecule has 62 valence electrons. The molecule has 0 aromatic heterocycles. The molecule has 0 aliphatic heterocycles. The Hall–Kier alpha value is -0.370. The van der Waals surface area contributed by atoms with Crippen molar-refractivity contribution in [3.63, 3.8) is 0 Å². The average molecular weight is 170 g/mol. The van der Waals surface area contributed by atoms with Gasteiger partial charge in [-0.2, -0.15) is 0 Å². The zero-order valence-corrected chi connectivity index (χ0v) is 7.41. The second-order valence-electron chi connectivity index (χ2n) is 2.94. The Morgan fingerprint density at radius 3 is 2.82 bits per heavy atom. The second-order valence-corrected chi connectivity index (χ2v) is 3.17. The normalized spacial score (nSPS) is 17.8. The van der Waals surface area contributed by atoms with Crippen LogP contribution in [0.4, 0.5) is 0 Å². The molecule has 0 bridgehead atoms. The Balaban J connectivity index is 1.97. The molecule has 1 rings (SSSR count). The number of hydrazine groups is 1. The van der Waals surface area contributed by atoms with Gasteiger partial charge in [-0.1, -0.05) is 12.8 Å². The molecule has 0 amide bonds. The molecular weight excluding hydrogens is 156 g/mol. The van der Waals surface area contributed by atoms with Crippen LogP contribution in [0.3, 0.4) is 0 Å². The standard InChI is InChI=1S/C8H14N2S/c11-6-5-9-10-7-8-3-1-2-4-8/h5,8-10H,1-4,7H2. The van der Waals surface area contributed by atoms with Gasteiger partial charge in [-0.25, -0.2) is 5.43 Å². The lowest BCUT2D eigenvalue weighted by Crippen LogP contribution is -2.31. The summed E-state index contributed by atoms with van der Waals surface area (Å²) >= 11 is 4.49. The molecule has 1 aliphatic rings. The van der Waals surface area contributed by atoms with Crippen molar-refractivity contribution >= 4 is 17.2 Å². The van der Waals surface area contributed by atoms with E-state index >= 15 is 0 Å². The molecule has 11 heavy (non-hydrogen) atoms. The first-order valence-corrected chi connectivity index (χ1v) is 4.52. The zero-order chi connectivity index (χ0) is 7.94. The average Bonchev–Trinajstić information content (AvgIpc) is 2.50. The summed E-state index contributed by atoms with van der Waals surface area (Å²) in [5, 5.41) is 2.48. The maximum atomic E-state index is 4.49. The number of rotatable bonds is 4. The summed E-state index contributed by atoms with van der Waals surface area (Å²) in [6.07, 6.45) is 7.15. The van der Waals surface area contributed by atoms with Gasteiger partial charge >= 0.3 is 0 Å². The van der Waals surface area contributed by atoms with Crippen LogP contribution in [0.25, 0.3) is 0 Å². The van der Waals surface area contributed by atoms with Gasteiger partial charge in [-0.3, -0.25) is 0 Å². The molecule has 0 aromatic carbocycles. The van der Waals surface area contributed by atoms with Crippen LogP contribution in [0.1, 0.15) is 25.7 Å². The molecule has 1 aliphatic carbocycles. The fourth-order valence-electron chi connectivity index (χ4n) is 1.50. The van der Waals surface area contributed by atoms with Gasteiger partial charge in [0.1, 0.15) is 0 Å². The molecule has 3 heteroatoms. The third-order valence-electron chi connectivity index (χ3n) is 2.10. The molecule has 1 fully saturated rings. The van der Waals surface area contributed by atoms with Crippen LogP contribution in [0.2, 0.25) is 0 Å². The Morgan fingerprint density at radius 2 is 2.18 bits per heavy atom. The predicted molar refractivity (Wildman–Crippen MR) is 50.3 cm³/mol. The lowest BCUT2D eigenvalue weighted by atomic mass is 10.1. The highest BCUT2D eigenvalue weighted by Gasteiger charge is 2.13. The minimum atomic E-state index is 0.862. The van der Waals surface area contributed by atoms with Crippen LogP contribution in [-0.4, -0.2) is 11.6 Å². The SMILES string of the molecule is S=C=CNNCC1CCCC1. The van der Waals surface area contributed by atoms with E-state index in [1.54, 1.807) is 6.20 Å². The predicted octanol–water partition coefficient (Wildman–Crippen LogP) is 1.38. The Morgan fingerprint density at radius 1 is 1.45 bits per heavy atom. The quantitative estimate of drug-likeness (QED) is 0.379. The monoisotopic (exact) mass is 170 g/mol. The molecular formula is C8H14N2S. The van der Waals surface area contributed by atoms with E-state index in [-0.39, 0.29) is 0 Å². The molecule has 0 heterocycles. The summed E-state index contributed by atoms with van der Waals surface area (Å²) in [6, 6.07) is 0. The number of nitrogens with one attached hydrogen (secondary N) is 2. The largest absolute Gasteiger partial charge is 0.320 e. The van der Waals surface area contributed by atoms with Gasteiger partial charge < -0.3 is 5.43 Å². The third kappa shape index (κ3) is 3.51. The Kier molecular flexibility index (Phi) is 4.21. The smallest absolute Gasteiger partial charge is 0.0659 e. The van der Waals surface area contributed by atoms with E-state index in [0.717, 1.165) is 12.5 Å². The summed E-state index contributed by atoms with van der Waals surface area (Å²) in [6.45, 7) is 1.05. The third-order valence-corrected chi connectivity index (χ3v) is 2.22. The van der Waals surface area contributed by atoms with Gasteiger partial charge in [-0.05, 0) is 36.0 Å². The lowest BCUT2D eigenvalue weighted by Gasteiger charge is -2.08. The van der Waals surface area contributed by atoms with Gasteiger partial charge in [0.2, 0.25) is 0 Å². The summed E-state index contributed by atoms with van der Waals surface area (Å²) in [7, 11) is 0. The summed E-state index contributed by atoms with van der Waals surface area (Å²) in [5.74, 6) is 0.862. The summed E-state index contributed by atoms with van der Waals surface area (Å²) in [4.78, 5) is 0. The molecule has 0 saturated heterocycles. The van der Waals surface area contributed by atoms with Crippen molar-refractivity contribution in [2.75, 3.05) is 6.54 Å².